The van der Waals surface area contributed by atoms with E-state index in [0.717, 1.165) is 11.8 Å². The van der Waals surface area contributed by atoms with Crippen LogP contribution in [-0.2, 0) is 0 Å². The van der Waals surface area contributed by atoms with Gasteiger partial charge in [0.15, 0.2) is 0 Å². The molecule has 0 amide bonds. The number of hydrogen-bond acceptors (Lipinski definition) is 1. The van der Waals surface area contributed by atoms with Gasteiger partial charge in [-0.2, -0.15) is 0 Å². The summed E-state index contributed by atoms with van der Waals surface area (Å²) in [5.74, 6) is 3.17. The maximum absolute atomic E-state index is 9.41. The molecule has 4 fully saturated rings. The van der Waals surface area contributed by atoms with Crippen LogP contribution >= 0.6 is 0 Å². The quantitative estimate of drug-likeness (QED) is 0.705. The SMILES string of the molecule is [2H]C1(N(C(C)C)C(C)(C)C)C2CC3CC(C2)CC1C3. The molecule has 0 aromatic heterocycles. The van der Waals surface area contributed by atoms with Gasteiger partial charge >= 0.3 is 0 Å². The Balaban J connectivity index is 1.97. The van der Waals surface area contributed by atoms with Gasteiger partial charge in [-0.05, 0) is 90.4 Å². The Morgan fingerprint density at radius 1 is 0.944 bits per heavy atom. The van der Waals surface area contributed by atoms with Crippen LogP contribution < -0.4 is 0 Å². The molecule has 0 saturated heterocycles. The molecule has 0 spiro atoms. The van der Waals surface area contributed by atoms with Gasteiger partial charge in [0.2, 0.25) is 0 Å². The Bertz CT molecular complexity index is 327. The molecule has 4 rings (SSSR count). The fraction of sp³-hybridized carbons (Fsp3) is 1.00. The van der Waals surface area contributed by atoms with Crippen molar-refractivity contribution >= 4 is 0 Å². The Kier molecular flexibility index (Phi) is 2.76. The van der Waals surface area contributed by atoms with Crippen LogP contribution in [0.2, 0.25) is 0 Å². The van der Waals surface area contributed by atoms with Crippen molar-refractivity contribution in [1.29, 1.82) is 0 Å². The minimum Gasteiger partial charge on any atom is -0.293 e. The van der Waals surface area contributed by atoms with Gasteiger partial charge in [0.25, 0.3) is 0 Å². The summed E-state index contributed by atoms with van der Waals surface area (Å²) in [5.41, 5.74) is 0.102. The zero-order valence-electron chi connectivity index (χ0n) is 13.9. The Morgan fingerprint density at radius 3 is 1.72 bits per heavy atom. The van der Waals surface area contributed by atoms with E-state index in [4.69, 9.17) is 0 Å². The lowest BCUT2D eigenvalue weighted by Crippen LogP contribution is -2.62. The van der Waals surface area contributed by atoms with Crippen molar-refractivity contribution in [2.24, 2.45) is 23.7 Å². The van der Waals surface area contributed by atoms with Crippen molar-refractivity contribution in [3.63, 3.8) is 0 Å². The average molecular weight is 250 g/mol. The lowest BCUT2D eigenvalue weighted by molar-refractivity contribution is -0.104. The topological polar surface area (TPSA) is 3.24 Å². The molecule has 0 atom stereocenters. The van der Waals surface area contributed by atoms with Crippen molar-refractivity contribution in [2.75, 3.05) is 0 Å². The summed E-state index contributed by atoms with van der Waals surface area (Å²) >= 11 is 0. The number of nitrogens with zero attached hydrogens (tertiary/aromatic N) is 1. The molecule has 0 aliphatic heterocycles. The lowest BCUT2D eigenvalue weighted by Gasteiger charge is -2.60. The van der Waals surface area contributed by atoms with E-state index in [0.29, 0.717) is 17.9 Å². The second-order valence-corrected chi connectivity index (χ2v) is 8.36. The van der Waals surface area contributed by atoms with Crippen LogP contribution in [-0.4, -0.2) is 22.5 Å². The monoisotopic (exact) mass is 250 g/mol. The Hall–Kier alpha value is -0.0400. The van der Waals surface area contributed by atoms with Crippen LogP contribution in [0.4, 0.5) is 0 Å². The summed E-state index contributed by atoms with van der Waals surface area (Å²) < 4.78 is 9.41. The molecular weight excluding hydrogens is 218 g/mol. The van der Waals surface area contributed by atoms with Crippen molar-refractivity contribution < 1.29 is 1.37 Å². The Labute approximate surface area is 115 Å². The number of rotatable bonds is 2. The summed E-state index contributed by atoms with van der Waals surface area (Å²) in [5, 5.41) is 0. The van der Waals surface area contributed by atoms with Gasteiger partial charge in [-0.1, -0.05) is 0 Å². The first kappa shape index (κ1) is 11.8. The van der Waals surface area contributed by atoms with E-state index in [1.54, 1.807) is 0 Å². The molecule has 0 aromatic rings. The highest BCUT2D eigenvalue weighted by Crippen LogP contribution is 2.56. The van der Waals surface area contributed by atoms with Crippen molar-refractivity contribution in [3.8, 4) is 0 Å². The molecule has 1 nitrogen and oxygen atoms in total. The first-order valence-electron chi connectivity index (χ1n) is 8.52. The molecule has 18 heavy (non-hydrogen) atoms. The molecule has 4 saturated carbocycles. The van der Waals surface area contributed by atoms with E-state index in [2.05, 4.69) is 39.5 Å². The fourth-order valence-corrected chi connectivity index (χ4v) is 5.52. The zero-order chi connectivity index (χ0) is 14.0. The number of hydrogen-bond donors (Lipinski definition) is 0. The first-order chi connectivity index (χ1) is 8.73. The maximum atomic E-state index is 9.41. The summed E-state index contributed by atoms with van der Waals surface area (Å²) in [6.07, 6.45) is 6.79. The fourth-order valence-electron chi connectivity index (χ4n) is 5.52. The predicted molar refractivity (Wildman–Crippen MR) is 77.6 cm³/mol. The smallest absolute Gasteiger partial charge is 0.0473 e. The minimum atomic E-state index is -0.292. The van der Waals surface area contributed by atoms with Gasteiger partial charge < -0.3 is 0 Å². The van der Waals surface area contributed by atoms with Gasteiger partial charge in [0, 0.05) is 19.0 Å². The van der Waals surface area contributed by atoms with E-state index in [-0.39, 0.29) is 11.6 Å². The van der Waals surface area contributed by atoms with Crippen LogP contribution in [0.15, 0.2) is 0 Å². The van der Waals surface area contributed by atoms with E-state index in [1.165, 1.54) is 32.1 Å². The Morgan fingerprint density at radius 2 is 1.39 bits per heavy atom. The molecule has 0 heterocycles. The molecule has 0 N–H and O–H groups in total. The van der Waals surface area contributed by atoms with Gasteiger partial charge in [-0.15, -0.1) is 0 Å². The van der Waals surface area contributed by atoms with Crippen molar-refractivity contribution in [3.05, 3.63) is 0 Å². The largest absolute Gasteiger partial charge is 0.293 e. The summed E-state index contributed by atoms with van der Waals surface area (Å²) in [7, 11) is 0. The van der Waals surface area contributed by atoms with Crippen LogP contribution in [0, 0.1) is 23.7 Å². The predicted octanol–water partition coefficient (Wildman–Crippen LogP) is 4.32. The summed E-state index contributed by atoms with van der Waals surface area (Å²) in [6.45, 7) is 11.5. The third kappa shape index (κ3) is 2.03. The van der Waals surface area contributed by atoms with Crippen LogP contribution in [0.1, 0.15) is 68.1 Å². The average Bonchev–Trinajstić information content (AvgIpc) is 2.22. The molecule has 4 aliphatic rings. The highest BCUT2D eigenvalue weighted by atomic mass is 15.2. The standard InChI is InChI=1S/C17H31N/c1-11(2)18(17(3,4)5)16-14-7-12-6-13(9-14)10-15(16)8-12/h11-16H,6-10H2,1-5H3/i16D. The van der Waals surface area contributed by atoms with Crippen LogP contribution in [0.5, 0.6) is 0 Å². The third-order valence-electron chi connectivity index (χ3n) is 5.49. The summed E-state index contributed by atoms with van der Waals surface area (Å²) in [6, 6.07) is 0.176. The minimum absolute atomic E-state index is 0.102. The molecule has 1 heteroatoms. The second-order valence-electron chi connectivity index (χ2n) is 8.36. The van der Waals surface area contributed by atoms with Crippen LogP contribution in [0.25, 0.3) is 0 Å². The molecule has 0 unspecified atom stereocenters. The van der Waals surface area contributed by atoms with Gasteiger partial charge in [0.1, 0.15) is 0 Å². The van der Waals surface area contributed by atoms with Crippen molar-refractivity contribution in [2.45, 2.75) is 84.3 Å². The van der Waals surface area contributed by atoms with Gasteiger partial charge in [-0.3, -0.25) is 4.90 Å². The molecule has 104 valence electrons. The zero-order valence-corrected chi connectivity index (χ0v) is 12.9. The maximum Gasteiger partial charge on any atom is 0.0473 e. The van der Waals surface area contributed by atoms with Crippen molar-refractivity contribution in [1.82, 2.24) is 4.90 Å². The molecule has 0 aromatic carbocycles. The third-order valence-corrected chi connectivity index (χ3v) is 5.49. The second kappa shape index (κ2) is 4.23. The van der Waals surface area contributed by atoms with E-state index in [1.807, 2.05) is 0 Å². The van der Waals surface area contributed by atoms with E-state index < -0.39 is 0 Å². The lowest BCUT2D eigenvalue weighted by atomic mass is 9.53. The molecule has 4 bridgehead atoms. The van der Waals surface area contributed by atoms with Gasteiger partial charge in [0.05, 0.1) is 0 Å². The highest BCUT2D eigenvalue weighted by Gasteiger charge is 2.51. The first-order valence-corrected chi connectivity index (χ1v) is 8.02. The highest BCUT2D eigenvalue weighted by molar-refractivity contribution is 5.04. The normalized spacial score (nSPS) is 48.1. The van der Waals surface area contributed by atoms with Crippen LogP contribution in [0.3, 0.4) is 0 Å². The molecule has 0 radical (unpaired) electrons. The summed E-state index contributed by atoms with van der Waals surface area (Å²) in [4.78, 5) is 2.55. The molecular formula is C17H31N. The van der Waals surface area contributed by atoms with E-state index >= 15 is 0 Å². The van der Waals surface area contributed by atoms with E-state index in [9.17, 15) is 1.37 Å². The van der Waals surface area contributed by atoms with Gasteiger partial charge in [-0.25, -0.2) is 0 Å². The molecule has 4 aliphatic carbocycles.